The van der Waals surface area contributed by atoms with Crippen molar-refractivity contribution in [1.29, 1.82) is 0 Å². The standard InChI is InChI=1S/C15H17F2NO3/c16-11-3-1-9(7-12(11)17)15(19)18-10-2-4-13-14(8-10)21-6-5-20-13/h1,3,7,10,13-14H,2,4-6,8H2,(H,18,19)/t10-,13+,14+/m1/s1. The summed E-state index contributed by atoms with van der Waals surface area (Å²) in [6.07, 6.45) is 2.41. The van der Waals surface area contributed by atoms with Gasteiger partial charge in [-0.1, -0.05) is 0 Å². The molecule has 114 valence electrons. The lowest BCUT2D eigenvalue weighted by Gasteiger charge is -2.39. The predicted molar refractivity (Wildman–Crippen MR) is 70.9 cm³/mol. The van der Waals surface area contributed by atoms with Gasteiger partial charge in [-0.15, -0.1) is 0 Å². The fourth-order valence-corrected chi connectivity index (χ4v) is 2.90. The number of hydrogen-bond acceptors (Lipinski definition) is 3. The van der Waals surface area contributed by atoms with Crippen molar-refractivity contribution in [1.82, 2.24) is 5.32 Å². The molecule has 1 saturated carbocycles. The minimum Gasteiger partial charge on any atom is -0.373 e. The zero-order valence-corrected chi connectivity index (χ0v) is 11.5. The van der Waals surface area contributed by atoms with Crippen molar-refractivity contribution in [2.45, 2.75) is 37.5 Å². The molecule has 6 heteroatoms. The van der Waals surface area contributed by atoms with Crippen LogP contribution >= 0.6 is 0 Å². The molecular formula is C15H17F2NO3. The number of amides is 1. The molecule has 1 aliphatic heterocycles. The molecule has 1 amide bonds. The van der Waals surface area contributed by atoms with Crippen molar-refractivity contribution in [3.8, 4) is 0 Å². The van der Waals surface area contributed by atoms with E-state index in [0.29, 0.717) is 19.6 Å². The number of ether oxygens (including phenoxy) is 2. The molecule has 0 aromatic heterocycles. The van der Waals surface area contributed by atoms with E-state index in [9.17, 15) is 13.6 Å². The Bertz CT molecular complexity index is 538. The predicted octanol–water partition coefficient (Wildman–Crippen LogP) is 2.03. The second-order valence-corrected chi connectivity index (χ2v) is 5.43. The third-order valence-corrected chi connectivity index (χ3v) is 4.00. The highest BCUT2D eigenvalue weighted by molar-refractivity contribution is 5.94. The van der Waals surface area contributed by atoms with Gasteiger partial charge in [-0.2, -0.15) is 0 Å². The first kappa shape index (κ1) is 14.4. The number of halogens is 2. The number of carbonyl (C=O) groups is 1. The van der Waals surface area contributed by atoms with E-state index in [-0.39, 0.29) is 23.8 Å². The third-order valence-electron chi connectivity index (χ3n) is 4.00. The highest BCUT2D eigenvalue weighted by atomic mass is 19.2. The molecule has 0 spiro atoms. The van der Waals surface area contributed by atoms with Gasteiger partial charge < -0.3 is 14.8 Å². The molecule has 0 bridgehead atoms. The van der Waals surface area contributed by atoms with Crippen LogP contribution in [0.3, 0.4) is 0 Å². The Morgan fingerprint density at radius 2 is 1.86 bits per heavy atom. The SMILES string of the molecule is O=C(N[C@@H]1CC[C@@H]2OCCO[C@H]2C1)c1ccc(F)c(F)c1. The first-order valence-electron chi connectivity index (χ1n) is 7.12. The molecule has 21 heavy (non-hydrogen) atoms. The van der Waals surface area contributed by atoms with Crippen molar-refractivity contribution in [2.24, 2.45) is 0 Å². The summed E-state index contributed by atoms with van der Waals surface area (Å²) in [6, 6.07) is 3.11. The van der Waals surface area contributed by atoms with E-state index in [1.165, 1.54) is 6.07 Å². The van der Waals surface area contributed by atoms with Crippen LogP contribution in [0.15, 0.2) is 18.2 Å². The van der Waals surface area contributed by atoms with Gasteiger partial charge in [0, 0.05) is 11.6 Å². The summed E-state index contributed by atoms with van der Waals surface area (Å²) in [5.74, 6) is -2.37. The average molecular weight is 297 g/mol. The van der Waals surface area contributed by atoms with Gasteiger partial charge in [0.15, 0.2) is 11.6 Å². The van der Waals surface area contributed by atoms with E-state index in [1.54, 1.807) is 0 Å². The third kappa shape index (κ3) is 3.22. The first-order valence-corrected chi connectivity index (χ1v) is 7.12. The Labute approximate surface area is 121 Å². The van der Waals surface area contributed by atoms with Gasteiger partial charge in [0.25, 0.3) is 5.91 Å². The smallest absolute Gasteiger partial charge is 0.251 e. The van der Waals surface area contributed by atoms with Crippen LogP contribution in [0.5, 0.6) is 0 Å². The summed E-state index contributed by atoms with van der Waals surface area (Å²) in [5.41, 5.74) is 0.122. The van der Waals surface area contributed by atoms with Crippen molar-refractivity contribution < 1.29 is 23.0 Å². The summed E-state index contributed by atoms with van der Waals surface area (Å²) in [4.78, 5) is 12.1. The fourth-order valence-electron chi connectivity index (χ4n) is 2.90. The molecule has 0 radical (unpaired) electrons. The van der Waals surface area contributed by atoms with E-state index in [4.69, 9.17) is 9.47 Å². The van der Waals surface area contributed by atoms with Crippen LogP contribution in [-0.4, -0.2) is 37.4 Å². The van der Waals surface area contributed by atoms with Crippen molar-refractivity contribution in [2.75, 3.05) is 13.2 Å². The van der Waals surface area contributed by atoms with Crippen LogP contribution in [0, 0.1) is 11.6 Å². The fraction of sp³-hybridized carbons (Fsp3) is 0.533. The topological polar surface area (TPSA) is 47.6 Å². The average Bonchev–Trinajstić information content (AvgIpc) is 2.50. The van der Waals surface area contributed by atoms with Crippen LogP contribution < -0.4 is 5.32 Å². The molecule has 1 heterocycles. The number of carbonyl (C=O) groups excluding carboxylic acids is 1. The maximum absolute atomic E-state index is 13.1. The Balaban J connectivity index is 1.61. The zero-order valence-electron chi connectivity index (χ0n) is 11.5. The number of rotatable bonds is 2. The Morgan fingerprint density at radius 3 is 2.62 bits per heavy atom. The molecule has 2 aliphatic rings. The lowest BCUT2D eigenvalue weighted by Crippen LogP contribution is -2.49. The van der Waals surface area contributed by atoms with Crippen molar-refractivity contribution in [3.05, 3.63) is 35.4 Å². The minimum absolute atomic E-state index is 0.00255. The molecule has 0 unspecified atom stereocenters. The first-order chi connectivity index (χ1) is 10.1. The van der Waals surface area contributed by atoms with Crippen LogP contribution in [0.25, 0.3) is 0 Å². The molecule has 1 aromatic rings. The van der Waals surface area contributed by atoms with Gasteiger partial charge in [0.2, 0.25) is 0 Å². The molecule has 1 aromatic carbocycles. The minimum atomic E-state index is -1.02. The van der Waals surface area contributed by atoms with Crippen molar-refractivity contribution in [3.63, 3.8) is 0 Å². The van der Waals surface area contributed by atoms with Gasteiger partial charge in [0.1, 0.15) is 0 Å². The summed E-state index contributed by atoms with van der Waals surface area (Å²) in [5, 5.41) is 2.85. The number of fused-ring (bicyclic) bond motifs is 1. The lowest BCUT2D eigenvalue weighted by atomic mass is 9.89. The Morgan fingerprint density at radius 1 is 1.10 bits per heavy atom. The summed E-state index contributed by atoms with van der Waals surface area (Å²) in [7, 11) is 0. The van der Waals surface area contributed by atoms with E-state index in [2.05, 4.69) is 5.32 Å². The van der Waals surface area contributed by atoms with Crippen LogP contribution in [0.2, 0.25) is 0 Å². The highest BCUT2D eigenvalue weighted by Gasteiger charge is 2.34. The van der Waals surface area contributed by atoms with Crippen molar-refractivity contribution >= 4 is 5.91 Å². The van der Waals surface area contributed by atoms with Crippen LogP contribution in [0.4, 0.5) is 8.78 Å². The number of hydrogen-bond donors (Lipinski definition) is 1. The van der Waals surface area contributed by atoms with E-state index < -0.39 is 17.5 Å². The normalized spacial score (nSPS) is 28.8. The second-order valence-electron chi connectivity index (χ2n) is 5.43. The number of nitrogens with one attached hydrogen (secondary N) is 1. The van der Waals surface area contributed by atoms with E-state index >= 15 is 0 Å². The van der Waals surface area contributed by atoms with Gasteiger partial charge in [-0.05, 0) is 37.5 Å². The second kappa shape index (κ2) is 6.07. The van der Waals surface area contributed by atoms with Crippen LogP contribution in [-0.2, 0) is 9.47 Å². The van der Waals surface area contributed by atoms with Gasteiger partial charge >= 0.3 is 0 Å². The van der Waals surface area contributed by atoms with Gasteiger partial charge in [0.05, 0.1) is 25.4 Å². The van der Waals surface area contributed by atoms with E-state index in [0.717, 1.165) is 25.0 Å². The molecule has 1 N–H and O–H groups in total. The van der Waals surface area contributed by atoms with Gasteiger partial charge in [-0.3, -0.25) is 4.79 Å². The molecule has 2 fully saturated rings. The molecule has 3 atom stereocenters. The maximum Gasteiger partial charge on any atom is 0.251 e. The zero-order chi connectivity index (χ0) is 14.8. The number of benzene rings is 1. The quantitative estimate of drug-likeness (QED) is 0.908. The highest BCUT2D eigenvalue weighted by Crippen LogP contribution is 2.27. The molecule has 1 saturated heterocycles. The lowest BCUT2D eigenvalue weighted by molar-refractivity contribution is -0.157. The molecular weight excluding hydrogens is 280 g/mol. The Hall–Kier alpha value is -1.53. The Kier molecular flexibility index (Phi) is 4.17. The molecule has 1 aliphatic carbocycles. The molecule has 3 rings (SSSR count). The van der Waals surface area contributed by atoms with Gasteiger partial charge in [-0.25, -0.2) is 8.78 Å². The molecule has 4 nitrogen and oxygen atoms in total. The maximum atomic E-state index is 13.1. The summed E-state index contributed by atoms with van der Waals surface area (Å²) >= 11 is 0. The monoisotopic (exact) mass is 297 g/mol. The van der Waals surface area contributed by atoms with Crippen LogP contribution in [0.1, 0.15) is 29.6 Å². The van der Waals surface area contributed by atoms with E-state index in [1.807, 2.05) is 0 Å². The summed E-state index contributed by atoms with van der Waals surface area (Å²) in [6.45, 7) is 1.19. The summed E-state index contributed by atoms with van der Waals surface area (Å²) < 4.78 is 37.3. The largest absolute Gasteiger partial charge is 0.373 e.